The molecular formula is C24H23ClN2O3. The second-order valence-corrected chi connectivity index (χ2v) is 7.79. The van der Waals surface area contributed by atoms with Gasteiger partial charge in [0.25, 0.3) is 5.91 Å². The standard InChI is InChI=1S/C24H23ClN2O3/c1-2-30-21-12-7-17-5-3-4-6-20(17)23(21)24(29)26-14-16-13-22(28)27(15-16)19-10-8-18(25)9-11-19/h3-12,16H,2,13-15H2,1H3,(H,26,29). The number of rotatable bonds is 6. The lowest BCUT2D eigenvalue weighted by molar-refractivity contribution is -0.117. The van der Waals surface area contributed by atoms with Crippen LogP contribution in [0.5, 0.6) is 5.75 Å². The number of halogens is 1. The number of nitrogens with one attached hydrogen (secondary N) is 1. The quantitative estimate of drug-likeness (QED) is 0.627. The van der Waals surface area contributed by atoms with Gasteiger partial charge >= 0.3 is 0 Å². The van der Waals surface area contributed by atoms with Crippen molar-refractivity contribution in [2.24, 2.45) is 5.92 Å². The Morgan fingerprint density at radius 1 is 1.13 bits per heavy atom. The van der Waals surface area contributed by atoms with Crippen molar-refractivity contribution in [3.05, 3.63) is 71.2 Å². The summed E-state index contributed by atoms with van der Waals surface area (Å²) in [7, 11) is 0. The van der Waals surface area contributed by atoms with Crippen LogP contribution in [-0.2, 0) is 4.79 Å². The SMILES string of the molecule is CCOc1ccc2ccccc2c1C(=O)NCC1CC(=O)N(c2ccc(Cl)cc2)C1. The molecule has 3 aromatic carbocycles. The van der Waals surface area contributed by atoms with Crippen molar-refractivity contribution in [1.29, 1.82) is 0 Å². The van der Waals surface area contributed by atoms with Gasteiger partial charge in [-0.2, -0.15) is 0 Å². The Bertz CT molecular complexity index is 1080. The molecule has 0 aromatic heterocycles. The van der Waals surface area contributed by atoms with E-state index in [0.717, 1.165) is 16.5 Å². The lowest BCUT2D eigenvalue weighted by Gasteiger charge is -2.18. The van der Waals surface area contributed by atoms with Crippen LogP contribution in [0.2, 0.25) is 5.02 Å². The number of hydrogen-bond acceptors (Lipinski definition) is 3. The zero-order chi connectivity index (χ0) is 21.1. The summed E-state index contributed by atoms with van der Waals surface area (Å²) in [6.45, 7) is 3.36. The Morgan fingerprint density at radius 2 is 1.90 bits per heavy atom. The lowest BCUT2D eigenvalue weighted by Crippen LogP contribution is -2.31. The van der Waals surface area contributed by atoms with Gasteiger partial charge in [0.15, 0.2) is 0 Å². The largest absolute Gasteiger partial charge is 0.493 e. The monoisotopic (exact) mass is 422 g/mol. The molecule has 1 aliphatic rings. The minimum atomic E-state index is -0.187. The highest BCUT2D eigenvalue weighted by Gasteiger charge is 2.31. The van der Waals surface area contributed by atoms with Crippen molar-refractivity contribution in [3.63, 3.8) is 0 Å². The van der Waals surface area contributed by atoms with Crippen molar-refractivity contribution in [1.82, 2.24) is 5.32 Å². The molecule has 1 unspecified atom stereocenters. The van der Waals surface area contributed by atoms with Crippen LogP contribution in [-0.4, -0.2) is 31.5 Å². The highest BCUT2D eigenvalue weighted by Crippen LogP contribution is 2.29. The number of carbonyl (C=O) groups excluding carboxylic acids is 2. The first-order chi connectivity index (χ1) is 14.6. The van der Waals surface area contributed by atoms with Gasteiger partial charge in [0, 0.05) is 36.1 Å². The molecule has 0 saturated carbocycles. The number of nitrogens with zero attached hydrogens (tertiary/aromatic N) is 1. The molecule has 1 N–H and O–H groups in total. The van der Waals surface area contributed by atoms with Crippen molar-refractivity contribution >= 4 is 39.9 Å². The first kappa shape index (κ1) is 20.2. The molecule has 0 aliphatic carbocycles. The van der Waals surface area contributed by atoms with Crippen LogP contribution in [0.4, 0.5) is 5.69 Å². The minimum absolute atomic E-state index is 0.0441. The van der Waals surface area contributed by atoms with Gasteiger partial charge in [0.2, 0.25) is 5.91 Å². The minimum Gasteiger partial charge on any atom is -0.493 e. The van der Waals surface area contributed by atoms with Gasteiger partial charge in [-0.25, -0.2) is 0 Å². The van der Waals surface area contributed by atoms with E-state index in [1.807, 2.05) is 55.5 Å². The molecule has 1 fully saturated rings. The summed E-state index contributed by atoms with van der Waals surface area (Å²) in [4.78, 5) is 27.3. The van der Waals surface area contributed by atoms with E-state index < -0.39 is 0 Å². The van der Waals surface area contributed by atoms with E-state index in [1.165, 1.54) is 0 Å². The number of amides is 2. The molecule has 30 heavy (non-hydrogen) atoms. The van der Waals surface area contributed by atoms with Crippen LogP contribution in [0.1, 0.15) is 23.7 Å². The molecule has 5 nitrogen and oxygen atoms in total. The fraction of sp³-hybridized carbons (Fsp3) is 0.250. The third-order valence-corrected chi connectivity index (χ3v) is 5.56. The second-order valence-electron chi connectivity index (χ2n) is 7.35. The van der Waals surface area contributed by atoms with Crippen LogP contribution in [0, 0.1) is 5.92 Å². The number of fused-ring (bicyclic) bond motifs is 1. The zero-order valence-electron chi connectivity index (χ0n) is 16.7. The smallest absolute Gasteiger partial charge is 0.255 e. The van der Waals surface area contributed by atoms with E-state index in [9.17, 15) is 9.59 Å². The fourth-order valence-electron chi connectivity index (χ4n) is 3.88. The Hall–Kier alpha value is -3.05. The Morgan fingerprint density at radius 3 is 2.67 bits per heavy atom. The van der Waals surface area contributed by atoms with Gasteiger partial charge in [0.1, 0.15) is 5.75 Å². The third-order valence-electron chi connectivity index (χ3n) is 5.31. The van der Waals surface area contributed by atoms with Crippen molar-refractivity contribution in [3.8, 4) is 5.75 Å². The molecule has 1 atom stereocenters. The number of hydrogen-bond donors (Lipinski definition) is 1. The van der Waals surface area contributed by atoms with E-state index >= 15 is 0 Å². The highest BCUT2D eigenvalue weighted by atomic mass is 35.5. The van der Waals surface area contributed by atoms with Gasteiger partial charge in [0.05, 0.1) is 12.2 Å². The molecule has 1 aliphatic heterocycles. The van der Waals surface area contributed by atoms with E-state index in [1.54, 1.807) is 17.0 Å². The number of benzene rings is 3. The van der Waals surface area contributed by atoms with Gasteiger partial charge in [-0.3, -0.25) is 9.59 Å². The maximum Gasteiger partial charge on any atom is 0.255 e. The average molecular weight is 423 g/mol. The third kappa shape index (κ3) is 4.12. The van der Waals surface area contributed by atoms with Gasteiger partial charge in [-0.15, -0.1) is 0 Å². The molecule has 4 rings (SSSR count). The molecule has 3 aromatic rings. The van der Waals surface area contributed by atoms with Crippen LogP contribution in [0.25, 0.3) is 10.8 Å². The van der Waals surface area contributed by atoms with E-state index in [0.29, 0.717) is 42.5 Å². The molecule has 1 saturated heterocycles. The molecule has 154 valence electrons. The predicted molar refractivity (Wildman–Crippen MR) is 119 cm³/mol. The summed E-state index contributed by atoms with van der Waals surface area (Å²) >= 11 is 5.94. The number of anilines is 1. The van der Waals surface area contributed by atoms with Gasteiger partial charge < -0.3 is 15.0 Å². The first-order valence-electron chi connectivity index (χ1n) is 10.1. The fourth-order valence-corrected chi connectivity index (χ4v) is 4.00. The zero-order valence-corrected chi connectivity index (χ0v) is 17.5. The maximum absolute atomic E-state index is 13.1. The Balaban J connectivity index is 1.48. The van der Waals surface area contributed by atoms with E-state index in [-0.39, 0.29) is 17.7 Å². The Kier molecular flexibility index (Phi) is 5.91. The average Bonchev–Trinajstić information content (AvgIpc) is 3.13. The van der Waals surface area contributed by atoms with E-state index in [2.05, 4.69) is 5.32 Å². The Labute approximate surface area is 180 Å². The summed E-state index contributed by atoms with van der Waals surface area (Å²) < 4.78 is 5.71. The van der Waals surface area contributed by atoms with Gasteiger partial charge in [-0.05, 0) is 48.0 Å². The van der Waals surface area contributed by atoms with Crippen LogP contribution in [0.3, 0.4) is 0 Å². The lowest BCUT2D eigenvalue weighted by atomic mass is 10.0. The molecule has 1 heterocycles. The van der Waals surface area contributed by atoms with Crippen LogP contribution >= 0.6 is 11.6 Å². The molecule has 0 radical (unpaired) electrons. The normalized spacial score (nSPS) is 16.1. The van der Waals surface area contributed by atoms with Crippen LogP contribution < -0.4 is 15.0 Å². The summed E-state index contributed by atoms with van der Waals surface area (Å²) in [5, 5.41) is 5.48. The number of carbonyl (C=O) groups is 2. The summed E-state index contributed by atoms with van der Waals surface area (Å²) in [5.74, 6) is 0.478. The predicted octanol–water partition coefficient (Wildman–Crippen LogP) is 4.67. The van der Waals surface area contributed by atoms with Crippen molar-refractivity contribution in [2.75, 3.05) is 24.6 Å². The second kappa shape index (κ2) is 8.76. The number of ether oxygens (including phenoxy) is 1. The van der Waals surface area contributed by atoms with Crippen molar-refractivity contribution in [2.45, 2.75) is 13.3 Å². The molecule has 0 spiro atoms. The highest BCUT2D eigenvalue weighted by molar-refractivity contribution is 6.30. The molecular weight excluding hydrogens is 400 g/mol. The first-order valence-corrected chi connectivity index (χ1v) is 10.4. The van der Waals surface area contributed by atoms with Crippen molar-refractivity contribution < 1.29 is 14.3 Å². The van der Waals surface area contributed by atoms with E-state index in [4.69, 9.17) is 16.3 Å². The molecule has 0 bridgehead atoms. The molecule has 2 amide bonds. The van der Waals surface area contributed by atoms with Gasteiger partial charge in [-0.1, -0.05) is 41.9 Å². The molecule has 6 heteroatoms. The topological polar surface area (TPSA) is 58.6 Å². The summed E-state index contributed by atoms with van der Waals surface area (Å²) in [5.41, 5.74) is 1.36. The van der Waals surface area contributed by atoms with Crippen LogP contribution in [0.15, 0.2) is 60.7 Å². The maximum atomic E-state index is 13.1. The summed E-state index contributed by atoms with van der Waals surface area (Å²) in [6, 6.07) is 18.8. The summed E-state index contributed by atoms with van der Waals surface area (Å²) in [6.07, 6.45) is 0.400.